The molecule has 1 aliphatic heterocycles. The molecular formula is C34H22Br2ClN7O5. The highest BCUT2D eigenvalue weighted by molar-refractivity contribution is 9.10. The Labute approximate surface area is 300 Å². The number of carbonyl (C=O) groups is 3. The summed E-state index contributed by atoms with van der Waals surface area (Å²) in [5.41, 5.74) is 4.72. The predicted octanol–water partition coefficient (Wildman–Crippen LogP) is 6.78. The van der Waals surface area contributed by atoms with E-state index < -0.39 is 11.9 Å². The third kappa shape index (κ3) is 7.11. The quantitative estimate of drug-likeness (QED) is 0.131. The molecular weight excluding hydrogens is 782 g/mol. The molecule has 0 spiro atoms. The summed E-state index contributed by atoms with van der Waals surface area (Å²) in [5, 5.41) is 26.4. The summed E-state index contributed by atoms with van der Waals surface area (Å²) in [6, 6.07) is 29.4. The predicted molar refractivity (Wildman–Crippen MR) is 187 cm³/mol. The summed E-state index contributed by atoms with van der Waals surface area (Å²) in [7, 11) is 0. The zero-order valence-corrected chi connectivity index (χ0v) is 29.0. The number of carboxylic acid groups (broad SMARTS) is 2. The molecule has 244 valence electrons. The summed E-state index contributed by atoms with van der Waals surface area (Å²) in [5.74, 6) is -2.54. The first-order valence-electron chi connectivity index (χ1n) is 14.4. The first-order valence-corrected chi connectivity index (χ1v) is 16.5. The van der Waals surface area contributed by atoms with Crippen molar-refractivity contribution >= 4 is 66.9 Å². The topological polar surface area (TPSA) is 165 Å². The lowest BCUT2D eigenvalue weighted by atomic mass is 10.0. The second-order valence-corrected chi connectivity index (χ2v) is 12.4. The van der Waals surface area contributed by atoms with Crippen LogP contribution in [0.25, 0.3) is 11.4 Å². The molecule has 7 rings (SSSR count). The van der Waals surface area contributed by atoms with Crippen LogP contribution < -0.4 is 0 Å². The minimum atomic E-state index is -1.27. The van der Waals surface area contributed by atoms with Gasteiger partial charge in [-0.3, -0.25) is 9.79 Å². The number of carbonyl (C=O) groups excluding carboxylic acids is 1. The second-order valence-electron chi connectivity index (χ2n) is 10.3. The summed E-state index contributed by atoms with van der Waals surface area (Å²) in [4.78, 5) is 47.9. The van der Waals surface area contributed by atoms with Crippen LogP contribution in [0, 0.1) is 0 Å². The van der Waals surface area contributed by atoms with E-state index in [2.05, 4.69) is 57.0 Å². The third-order valence-corrected chi connectivity index (χ3v) is 8.41. The highest BCUT2D eigenvalue weighted by Crippen LogP contribution is 2.28. The number of hydrogen-bond donors (Lipinski definition) is 2. The van der Waals surface area contributed by atoms with Gasteiger partial charge >= 0.3 is 11.9 Å². The minimum absolute atomic E-state index is 0.0463. The van der Waals surface area contributed by atoms with E-state index in [1.807, 2.05) is 54.6 Å². The fourth-order valence-electron chi connectivity index (χ4n) is 5.02. The standard InChI is InChI=1S/C17H11BrClN3O3.C17H11BrN4O2/c18-11-6-7-13(22-14(9-19)20-16(21-22)17(24)25)12(8-11)15(23)10-4-2-1-3-5-10;18-11-6-7-13-12(8-11)15(10-4-2-1-3-5-10)19-9-14-20-16(17(23)24)21-22(13)14/h1-8H,9H2,(H,24,25);1-8H,9H2,(H,23,24). The normalized spacial score (nSPS) is 11.7. The van der Waals surface area contributed by atoms with E-state index in [0.717, 1.165) is 27.0 Å². The van der Waals surface area contributed by atoms with E-state index in [1.54, 1.807) is 47.1 Å². The van der Waals surface area contributed by atoms with E-state index in [4.69, 9.17) is 21.8 Å². The van der Waals surface area contributed by atoms with Crippen molar-refractivity contribution in [3.05, 3.63) is 152 Å². The molecule has 3 heterocycles. The first-order chi connectivity index (χ1) is 23.6. The van der Waals surface area contributed by atoms with Crippen LogP contribution in [0.3, 0.4) is 0 Å². The molecule has 1 aliphatic rings. The Bertz CT molecular complexity index is 2260. The lowest BCUT2D eigenvalue weighted by Gasteiger charge is -2.11. The van der Waals surface area contributed by atoms with Gasteiger partial charge in [-0.2, -0.15) is 0 Å². The fraction of sp³-hybridized carbons (Fsp3) is 0.0588. The van der Waals surface area contributed by atoms with Gasteiger partial charge in [0.2, 0.25) is 0 Å². The molecule has 4 aromatic carbocycles. The second kappa shape index (κ2) is 14.4. The molecule has 6 aromatic rings. The summed E-state index contributed by atoms with van der Waals surface area (Å²) < 4.78 is 4.47. The van der Waals surface area contributed by atoms with Crippen molar-refractivity contribution in [3.8, 4) is 11.4 Å². The number of nitrogens with zero attached hydrogens (tertiary/aromatic N) is 7. The molecule has 2 N–H and O–H groups in total. The number of benzene rings is 4. The van der Waals surface area contributed by atoms with Crippen molar-refractivity contribution in [3.63, 3.8) is 0 Å². The van der Waals surface area contributed by atoms with E-state index in [-0.39, 0.29) is 35.7 Å². The van der Waals surface area contributed by atoms with Crippen LogP contribution in [0.4, 0.5) is 0 Å². The smallest absolute Gasteiger partial charge is 0.375 e. The van der Waals surface area contributed by atoms with Gasteiger partial charge in [-0.05, 0) is 36.4 Å². The molecule has 0 saturated heterocycles. The SMILES string of the molecule is O=C(O)c1nc(CCl)n(-c2ccc(Br)cc2C(=O)c2ccccc2)n1.O=C(O)c1nc2n(n1)-c1ccc(Br)cc1C(c1ccccc1)=NC2. The molecule has 0 bridgehead atoms. The van der Waals surface area contributed by atoms with Gasteiger partial charge in [-0.15, -0.1) is 21.8 Å². The molecule has 0 fully saturated rings. The van der Waals surface area contributed by atoms with Crippen LogP contribution in [0.5, 0.6) is 0 Å². The average Bonchev–Trinajstić information content (AvgIpc) is 3.71. The Morgan fingerprint density at radius 3 is 1.98 bits per heavy atom. The van der Waals surface area contributed by atoms with Crippen molar-refractivity contribution in [1.82, 2.24) is 29.5 Å². The van der Waals surface area contributed by atoms with E-state index >= 15 is 0 Å². The number of alkyl halides is 1. The van der Waals surface area contributed by atoms with E-state index in [9.17, 15) is 14.4 Å². The van der Waals surface area contributed by atoms with Gasteiger partial charge in [-0.1, -0.05) is 92.5 Å². The van der Waals surface area contributed by atoms with Crippen molar-refractivity contribution in [1.29, 1.82) is 0 Å². The fourth-order valence-corrected chi connectivity index (χ4v) is 5.92. The first kappa shape index (κ1) is 33.6. The molecule has 49 heavy (non-hydrogen) atoms. The van der Waals surface area contributed by atoms with Gasteiger partial charge in [-0.25, -0.2) is 28.9 Å². The maximum Gasteiger partial charge on any atom is 0.375 e. The molecule has 15 heteroatoms. The number of rotatable bonds is 7. The molecule has 0 atom stereocenters. The van der Waals surface area contributed by atoms with Crippen molar-refractivity contribution in [2.45, 2.75) is 12.4 Å². The Kier molecular flexibility index (Phi) is 9.90. The zero-order valence-electron chi connectivity index (χ0n) is 25.0. The number of halogens is 3. The lowest BCUT2D eigenvalue weighted by molar-refractivity contribution is 0.0673. The number of hydrogen-bond acceptors (Lipinski definition) is 8. The van der Waals surface area contributed by atoms with Gasteiger partial charge in [0, 0.05) is 31.2 Å². The van der Waals surface area contributed by atoms with E-state index in [0.29, 0.717) is 27.1 Å². The van der Waals surface area contributed by atoms with Crippen LogP contribution in [0.2, 0.25) is 0 Å². The highest BCUT2D eigenvalue weighted by atomic mass is 79.9. The zero-order chi connectivity index (χ0) is 34.7. The number of ketones is 1. The number of aliphatic imine (C=N–C) groups is 1. The van der Waals surface area contributed by atoms with Crippen LogP contribution in [0.15, 0.2) is 111 Å². The van der Waals surface area contributed by atoms with Crippen molar-refractivity contribution < 1.29 is 24.6 Å². The average molecular weight is 804 g/mol. The van der Waals surface area contributed by atoms with Gasteiger partial charge < -0.3 is 10.2 Å². The number of carboxylic acids is 2. The minimum Gasteiger partial charge on any atom is -0.475 e. The van der Waals surface area contributed by atoms with Crippen molar-refractivity contribution in [2.24, 2.45) is 4.99 Å². The molecule has 12 nitrogen and oxygen atoms in total. The maximum atomic E-state index is 12.9. The highest BCUT2D eigenvalue weighted by Gasteiger charge is 2.24. The Hall–Kier alpha value is -5.31. The van der Waals surface area contributed by atoms with Gasteiger partial charge in [0.05, 0.1) is 29.5 Å². The Morgan fingerprint density at radius 2 is 1.33 bits per heavy atom. The number of fused-ring (bicyclic) bond motifs is 3. The Balaban J connectivity index is 0.000000170. The molecule has 0 saturated carbocycles. The van der Waals surface area contributed by atoms with Crippen LogP contribution in [-0.2, 0) is 12.4 Å². The van der Waals surface area contributed by atoms with Gasteiger partial charge in [0.1, 0.15) is 5.82 Å². The van der Waals surface area contributed by atoms with Crippen LogP contribution in [-0.4, -0.2) is 63.2 Å². The van der Waals surface area contributed by atoms with Crippen molar-refractivity contribution in [2.75, 3.05) is 0 Å². The van der Waals surface area contributed by atoms with Crippen LogP contribution >= 0.6 is 43.5 Å². The third-order valence-electron chi connectivity index (χ3n) is 7.19. The van der Waals surface area contributed by atoms with Gasteiger partial charge in [0.25, 0.3) is 11.6 Å². The molecule has 0 unspecified atom stereocenters. The maximum absolute atomic E-state index is 12.9. The van der Waals surface area contributed by atoms with Crippen LogP contribution in [0.1, 0.15) is 59.9 Å². The molecule has 0 amide bonds. The number of aromatic carboxylic acids is 2. The summed E-state index contributed by atoms with van der Waals surface area (Å²) >= 11 is 12.7. The monoisotopic (exact) mass is 801 g/mol. The van der Waals surface area contributed by atoms with E-state index in [1.165, 1.54) is 4.68 Å². The van der Waals surface area contributed by atoms with Gasteiger partial charge in [0.15, 0.2) is 11.6 Å². The molecule has 0 aliphatic carbocycles. The molecule has 0 radical (unpaired) electrons. The largest absolute Gasteiger partial charge is 0.475 e. The number of aromatic nitrogens is 6. The molecule has 2 aromatic heterocycles. The Morgan fingerprint density at radius 1 is 0.735 bits per heavy atom. The summed E-state index contributed by atoms with van der Waals surface area (Å²) in [6.07, 6.45) is 0. The lowest BCUT2D eigenvalue weighted by Crippen LogP contribution is -2.11. The summed E-state index contributed by atoms with van der Waals surface area (Å²) in [6.45, 7) is 0.261.